The quantitative estimate of drug-likeness (QED) is 0.838. The standard InChI is InChI=1S/C16H25N5O2.C2H6/c1-16(2,3)23-15(22)21-8-6-20(7-9-21)14-11-18-12-4-5-17-10-13(12)19-14;1-2/h11,17H,4-10H2,1-3H3;1-2H3. The van der Waals surface area contributed by atoms with Crippen molar-refractivity contribution < 1.29 is 9.53 Å². The van der Waals surface area contributed by atoms with Crippen LogP contribution in [0.5, 0.6) is 0 Å². The number of fused-ring (bicyclic) bond motifs is 1. The number of carbonyl (C=O) groups is 1. The van der Waals surface area contributed by atoms with Crippen LogP contribution in [-0.2, 0) is 17.7 Å². The van der Waals surface area contributed by atoms with Gasteiger partial charge in [-0.2, -0.15) is 0 Å². The van der Waals surface area contributed by atoms with Gasteiger partial charge in [0.2, 0.25) is 0 Å². The van der Waals surface area contributed by atoms with Crippen molar-refractivity contribution in [3.8, 4) is 0 Å². The topological polar surface area (TPSA) is 70.6 Å². The molecule has 0 radical (unpaired) electrons. The average Bonchev–Trinajstić information content (AvgIpc) is 2.62. The molecule has 7 nitrogen and oxygen atoms in total. The number of aromatic nitrogens is 2. The summed E-state index contributed by atoms with van der Waals surface area (Å²) >= 11 is 0. The third-order valence-corrected chi connectivity index (χ3v) is 4.00. The highest BCUT2D eigenvalue weighted by atomic mass is 16.6. The lowest BCUT2D eigenvalue weighted by atomic mass is 10.1. The zero-order valence-electron chi connectivity index (χ0n) is 16.1. The Morgan fingerprint density at radius 3 is 2.48 bits per heavy atom. The third kappa shape index (κ3) is 5.29. The summed E-state index contributed by atoms with van der Waals surface area (Å²) in [6, 6.07) is 0. The molecule has 2 aliphatic heterocycles. The van der Waals surface area contributed by atoms with Crippen LogP contribution in [0.3, 0.4) is 0 Å². The molecule has 1 aromatic rings. The number of hydrogen-bond donors (Lipinski definition) is 1. The highest BCUT2D eigenvalue weighted by Gasteiger charge is 2.26. The fourth-order valence-electron chi connectivity index (χ4n) is 2.80. The number of anilines is 1. The van der Waals surface area contributed by atoms with Crippen molar-refractivity contribution in [1.29, 1.82) is 0 Å². The van der Waals surface area contributed by atoms with Crippen molar-refractivity contribution in [1.82, 2.24) is 20.2 Å². The van der Waals surface area contributed by atoms with Gasteiger partial charge < -0.3 is 19.9 Å². The van der Waals surface area contributed by atoms with Gasteiger partial charge in [-0.15, -0.1) is 0 Å². The van der Waals surface area contributed by atoms with E-state index in [9.17, 15) is 4.79 Å². The molecule has 1 fully saturated rings. The highest BCUT2D eigenvalue weighted by molar-refractivity contribution is 5.68. The molecule has 140 valence electrons. The zero-order valence-corrected chi connectivity index (χ0v) is 16.1. The Kier molecular flexibility index (Phi) is 6.58. The smallest absolute Gasteiger partial charge is 0.410 e. The van der Waals surface area contributed by atoms with Crippen LogP contribution in [0, 0.1) is 0 Å². The summed E-state index contributed by atoms with van der Waals surface area (Å²) in [6.07, 6.45) is 2.56. The molecule has 1 amide bonds. The van der Waals surface area contributed by atoms with Crippen LogP contribution in [0.25, 0.3) is 0 Å². The molecule has 1 saturated heterocycles. The monoisotopic (exact) mass is 349 g/mol. The Labute approximate surface area is 150 Å². The Bertz CT molecular complexity index is 577. The van der Waals surface area contributed by atoms with Crippen LogP contribution in [0.1, 0.15) is 46.0 Å². The lowest BCUT2D eigenvalue weighted by molar-refractivity contribution is 0.0240. The Balaban J connectivity index is 0.00000109. The highest BCUT2D eigenvalue weighted by Crippen LogP contribution is 2.18. The van der Waals surface area contributed by atoms with Crippen LogP contribution in [0.15, 0.2) is 6.20 Å². The number of nitrogens with zero attached hydrogens (tertiary/aromatic N) is 4. The first-order chi connectivity index (χ1) is 11.9. The van der Waals surface area contributed by atoms with E-state index in [1.54, 1.807) is 4.90 Å². The van der Waals surface area contributed by atoms with E-state index in [1.165, 1.54) is 0 Å². The summed E-state index contributed by atoms with van der Waals surface area (Å²) in [6.45, 7) is 14.2. The van der Waals surface area contributed by atoms with Crippen LogP contribution in [0.2, 0.25) is 0 Å². The number of rotatable bonds is 1. The predicted molar refractivity (Wildman–Crippen MR) is 98.8 cm³/mol. The number of nitrogens with one attached hydrogen (secondary N) is 1. The summed E-state index contributed by atoms with van der Waals surface area (Å²) < 4.78 is 5.42. The minimum atomic E-state index is -0.453. The maximum atomic E-state index is 12.1. The molecule has 0 aliphatic carbocycles. The number of carbonyl (C=O) groups excluding carboxylic acids is 1. The van der Waals surface area contributed by atoms with Gasteiger partial charge in [0.1, 0.15) is 11.4 Å². The van der Waals surface area contributed by atoms with E-state index in [-0.39, 0.29) is 6.09 Å². The predicted octanol–water partition coefficient (Wildman–Crippen LogP) is 2.21. The summed E-state index contributed by atoms with van der Waals surface area (Å²) in [5.74, 6) is 0.899. The fourth-order valence-corrected chi connectivity index (χ4v) is 2.80. The number of amides is 1. The molecule has 1 aromatic heterocycles. The first kappa shape index (κ1) is 19.4. The molecule has 25 heavy (non-hydrogen) atoms. The summed E-state index contributed by atoms with van der Waals surface area (Å²) in [5.41, 5.74) is 1.69. The average molecular weight is 349 g/mol. The maximum Gasteiger partial charge on any atom is 0.410 e. The van der Waals surface area contributed by atoms with Crippen LogP contribution >= 0.6 is 0 Å². The third-order valence-electron chi connectivity index (χ3n) is 4.00. The Hall–Kier alpha value is -1.89. The van der Waals surface area contributed by atoms with Gasteiger partial charge in [0.25, 0.3) is 0 Å². The molecule has 0 bridgehead atoms. The van der Waals surface area contributed by atoms with Gasteiger partial charge in [-0.3, -0.25) is 4.98 Å². The molecule has 0 spiro atoms. The second kappa shape index (κ2) is 8.47. The minimum absolute atomic E-state index is 0.238. The van der Waals surface area contributed by atoms with Crippen LogP contribution < -0.4 is 10.2 Å². The lowest BCUT2D eigenvalue weighted by Crippen LogP contribution is -2.50. The molecule has 7 heteroatoms. The van der Waals surface area contributed by atoms with E-state index in [0.29, 0.717) is 13.1 Å². The lowest BCUT2D eigenvalue weighted by Gasteiger charge is -2.36. The first-order valence-corrected chi connectivity index (χ1v) is 9.21. The summed E-state index contributed by atoms with van der Waals surface area (Å²) in [7, 11) is 0. The van der Waals surface area contributed by atoms with Crippen molar-refractivity contribution >= 4 is 11.9 Å². The van der Waals surface area contributed by atoms with E-state index >= 15 is 0 Å². The van der Waals surface area contributed by atoms with Gasteiger partial charge in [0.05, 0.1) is 17.6 Å². The van der Waals surface area contributed by atoms with Gasteiger partial charge in [-0.1, -0.05) is 13.8 Å². The Morgan fingerprint density at radius 2 is 1.84 bits per heavy atom. The van der Waals surface area contributed by atoms with Crippen molar-refractivity contribution in [2.24, 2.45) is 0 Å². The number of hydrogen-bond acceptors (Lipinski definition) is 6. The van der Waals surface area contributed by atoms with Gasteiger partial charge >= 0.3 is 6.09 Å². The first-order valence-electron chi connectivity index (χ1n) is 9.21. The van der Waals surface area contributed by atoms with Crippen LogP contribution in [0.4, 0.5) is 10.6 Å². The molecular weight excluding hydrogens is 318 g/mol. The van der Waals surface area contributed by atoms with E-state index in [0.717, 1.165) is 49.8 Å². The molecule has 0 aromatic carbocycles. The SMILES string of the molecule is CC.CC(C)(C)OC(=O)N1CCN(c2cnc3c(n2)CNCC3)CC1. The molecule has 3 heterocycles. The van der Waals surface area contributed by atoms with E-state index < -0.39 is 5.60 Å². The molecule has 0 saturated carbocycles. The zero-order chi connectivity index (χ0) is 18.4. The molecule has 1 N–H and O–H groups in total. The Morgan fingerprint density at radius 1 is 1.16 bits per heavy atom. The number of ether oxygens (including phenoxy) is 1. The van der Waals surface area contributed by atoms with Gasteiger partial charge in [-0.05, 0) is 20.8 Å². The summed E-state index contributed by atoms with van der Waals surface area (Å²) in [4.78, 5) is 25.3. The minimum Gasteiger partial charge on any atom is -0.444 e. The molecule has 2 aliphatic rings. The normalized spacial score (nSPS) is 17.3. The van der Waals surface area contributed by atoms with E-state index in [1.807, 2.05) is 40.8 Å². The molecular formula is C18H31N5O2. The largest absolute Gasteiger partial charge is 0.444 e. The molecule has 3 rings (SSSR count). The molecule has 0 unspecified atom stereocenters. The number of piperazine rings is 1. The van der Waals surface area contributed by atoms with Crippen LogP contribution in [-0.4, -0.2) is 59.3 Å². The van der Waals surface area contributed by atoms with E-state index in [2.05, 4.69) is 15.2 Å². The fraction of sp³-hybridized carbons (Fsp3) is 0.722. The molecule has 0 atom stereocenters. The van der Waals surface area contributed by atoms with Gasteiger partial charge in [0, 0.05) is 45.7 Å². The van der Waals surface area contributed by atoms with E-state index in [4.69, 9.17) is 9.72 Å². The van der Waals surface area contributed by atoms with Crippen molar-refractivity contribution in [3.05, 3.63) is 17.6 Å². The maximum absolute atomic E-state index is 12.1. The van der Waals surface area contributed by atoms with Crippen molar-refractivity contribution in [2.45, 2.75) is 53.2 Å². The summed E-state index contributed by atoms with van der Waals surface area (Å²) in [5, 5.41) is 3.32. The van der Waals surface area contributed by atoms with Gasteiger partial charge in [0.15, 0.2) is 0 Å². The second-order valence-corrected chi connectivity index (χ2v) is 7.00. The second-order valence-electron chi connectivity index (χ2n) is 7.00. The van der Waals surface area contributed by atoms with Crippen molar-refractivity contribution in [3.63, 3.8) is 0 Å². The van der Waals surface area contributed by atoms with Crippen molar-refractivity contribution in [2.75, 3.05) is 37.6 Å². The van der Waals surface area contributed by atoms with Gasteiger partial charge in [-0.25, -0.2) is 9.78 Å².